The Bertz CT molecular complexity index is 1940. The van der Waals surface area contributed by atoms with Crippen molar-refractivity contribution in [1.29, 1.82) is 0 Å². The molecule has 4 aliphatic rings. The highest BCUT2D eigenvalue weighted by Gasteiger charge is 2.51. The molecule has 8 rings (SSSR count). The number of pyridine rings is 1. The summed E-state index contributed by atoms with van der Waals surface area (Å²) in [7, 11) is 1.86. The van der Waals surface area contributed by atoms with E-state index in [1.54, 1.807) is 11.0 Å². The van der Waals surface area contributed by atoms with Gasteiger partial charge in [0, 0.05) is 67.5 Å². The largest absolute Gasteiger partial charge is 0.338 e. The van der Waals surface area contributed by atoms with Crippen LogP contribution in [0.1, 0.15) is 47.2 Å². The lowest BCUT2D eigenvalue weighted by atomic mass is 9.85. The van der Waals surface area contributed by atoms with E-state index in [9.17, 15) is 9.59 Å². The van der Waals surface area contributed by atoms with Gasteiger partial charge in [-0.25, -0.2) is 4.98 Å². The Hall–Kier alpha value is -4.96. The number of carbonyl (C=O) groups is 2. The number of hydrogen-bond acceptors (Lipinski definition) is 7. The van der Waals surface area contributed by atoms with Gasteiger partial charge in [0.2, 0.25) is 11.8 Å². The number of aromatic nitrogens is 4. The number of nitrogens with zero attached hydrogens (tertiary/aromatic N) is 8. The molecule has 6 heterocycles. The maximum absolute atomic E-state index is 14.0. The topological polar surface area (TPSA) is 99.8 Å². The Morgan fingerprint density at radius 3 is 2.53 bits per heavy atom. The van der Waals surface area contributed by atoms with E-state index in [2.05, 4.69) is 74.6 Å². The van der Waals surface area contributed by atoms with Crippen LogP contribution in [0.2, 0.25) is 0 Å². The van der Waals surface area contributed by atoms with Gasteiger partial charge in [0.05, 0.1) is 24.2 Å². The van der Waals surface area contributed by atoms with Gasteiger partial charge in [0.1, 0.15) is 6.33 Å². The van der Waals surface area contributed by atoms with Crippen molar-refractivity contribution in [3.05, 3.63) is 101 Å². The van der Waals surface area contributed by atoms with E-state index in [1.807, 2.05) is 36.0 Å². The number of aryl methyl sites for hydroxylation is 2. The molecule has 2 aromatic carbocycles. The minimum atomic E-state index is -0.426. The van der Waals surface area contributed by atoms with E-state index in [-0.39, 0.29) is 11.8 Å². The van der Waals surface area contributed by atoms with Crippen LogP contribution in [-0.2, 0) is 23.2 Å². The van der Waals surface area contributed by atoms with Crippen LogP contribution in [0.3, 0.4) is 0 Å². The van der Waals surface area contributed by atoms with Crippen LogP contribution >= 0.6 is 0 Å². The van der Waals surface area contributed by atoms with Crippen LogP contribution < -0.4 is 4.90 Å². The first-order valence-corrected chi connectivity index (χ1v) is 16.4. The molecule has 10 nitrogen and oxygen atoms in total. The summed E-state index contributed by atoms with van der Waals surface area (Å²) in [6.45, 7) is 6.38. The second-order valence-corrected chi connectivity index (χ2v) is 13.3. The number of benzene rings is 2. The predicted octanol–water partition coefficient (Wildman–Crippen LogP) is 4.28. The molecule has 1 spiro atoms. The number of rotatable bonds is 6. The third-order valence-electron chi connectivity index (χ3n) is 10.2. The van der Waals surface area contributed by atoms with Crippen LogP contribution in [0, 0.1) is 12.3 Å². The van der Waals surface area contributed by atoms with Crippen molar-refractivity contribution in [2.24, 2.45) is 17.5 Å². The van der Waals surface area contributed by atoms with Crippen molar-refractivity contribution >= 4 is 28.8 Å². The van der Waals surface area contributed by atoms with Crippen molar-refractivity contribution in [2.45, 2.75) is 32.7 Å². The van der Waals surface area contributed by atoms with Crippen LogP contribution in [0.4, 0.5) is 5.69 Å². The number of hydrogen-bond donors (Lipinski definition) is 0. The first-order valence-electron chi connectivity index (χ1n) is 16.4. The molecule has 4 aliphatic heterocycles. The zero-order valence-electron chi connectivity index (χ0n) is 26.9. The van der Waals surface area contributed by atoms with Gasteiger partial charge in [-0.05, 0) is 73.7 Å². The molecular weight excluding hydrogens is 588 g/mol. The second kappa shape index (κ2) is 11.7. The number of aliphatic imine (C=N–C) groups is 1. The van der Waals surface area contributed by atoms with E-state index >= 15 is 0 Å². The smallest absolute Gasteiger partial charge is 0.237 e. The van der Waals surface area contributed by atoms with Crippen LogP contribution in [-0.4, -0.2) is 86.3 Å². The molecule has 0 radical (unpaired) electrons. The van der Waals surface area contributed by atoms with Gasteiger partial charge in [0.15, 0.2) is 5.82 Å². The Kier molecular flexibility index (Phi) is 7.32. The monoisotopic (exact) mass is 626 g/mol. The molecule has 0 bridgehead atoms. The SMILES string of the molecule is Cc1cc(C2=NCc3ccc(N4CC[C@]5(CCN(CC(=O)N6CC=C(c7ccc(-c8ncn(C)n8)cc7)CC6)C5)C4=O)cc32)ccn1. The summed E-state index contributed by atoms with van der Waals surface area (Å²) < 4.78 is 1.70. The molecule has 238 valence electrons. The third kappa shape index (κ3) is 5.46. The highest BCUT2D eigenvalue weighted by atomic mass is 16.2. The summed E-state index contributed by atoms with van der Waals surface area (Å²) in [6, 6.07) is 18.7. The number of anilines is 1. The van der Waals surface area contributed by atoms with Gasteiger partial charge in [-0.15, -0.1) is 0 Å². The molecule has 0 saturated carbocycles. The summed E-state index contributed by atoms with van der Waals surface area (Å²) in [5.41, 5.74) is 9.18. The Morgan fingerprint density at radius 1 is 0.936 bits per heavy atom. The van der Waals surface area contributed by atoms with Crippen molar-refractivity contribution in [3.8, 4) is 11.4 Å². The third-order valence-corrected chi connectivity index (χ3v) is 10.2. The molecule has 10 heteroatoms. The lowest BCUT2D eigenvalue weighted by Crippen LogP contribution is -2.43. The normalized spacial score (nSPS) is 21.0. The summed E-state index contributed by atoms with van der Waals surface area (Å²) in [5, 5.41) is 4.38. The Balaban J connectivity index is 0.885. The molecule has 2 saturated heterocycles. The minimum absolute atomic E-state index is 0.132. The quantitative estimate of drug-likeness (QED) is 0.317. The molecular formula is C37H38N8O2. The average molecular weight is 627 g/mol. The fourth-order valence-electron chi connectivity index (χ4n) is 7.57. The van der Waals surface area contributed by atoms with E-state index in [4.69, 9.17) is 4.99 Å². The number of likely N-dealkylation sites (tertiary alicyclic amines) is 1. The van der Waals surface area contributed by atoms with Crippen molar-refractivity contribution in [2.75, 3.05) is 44.2 Å². The number of carbonyl (C=O) groups excluding carboxylic acids is 2. The van der Waals surface area contributed by atoms with Crippen LogP contribution in [0.25, 0.3) is 17.0 Å². The maximum atomic E-state index is 14.0. The Morgan fingerprint density at radius 2 is 1.77 bits per heavy atom. The Labute approximate surface area is 274 Å². The van der Waals surface area contributed by atoms with Crippen molar-refractivity contribution in [1.82, 2.24) is 29.5 Å². The van der Waals surface area contributed by atoms with Crippen molar-refractivity contribution < 1.29 is 9.59 Å². The fourth-order valence-corrected chi connectivity index (χ4v) is 7.57. The van der Waals surface area contributed by atoms with Crippen molar-refractivity contribution in [3.63, 3.8) is 0 Å². The number of fused-ring (bicyclic) bond motifs is 1. The standard InChI is InChI=1S/C37H38N8O2/c1-25-19-29(9-14-38-25)34-32-20-31(8-7-30(32)21-39-34)45-18-13-37(36(45)47)12-17-43(23-37)22-33(46)44-15-10-27(11-16-44)26-3-5-28(6-4-26)35-40-24-42(2)41-35/h3-10,14,19-20,24H,11-13,15-18,21-23H2,1-2H3/t37-/m0/s1. The van der Waals surface area contributed by atoms with E-state index in [1.165, 1.54) is 16.7 Å². The zero-order chi connectivity index (χ0) is 32.1. The van der Waals surface area contributed by atoms with Gasteiger partial charge in [-0.2, -0.15) is 5.10 Å². The predicted molar refractivity (Wildman–Crippen MR) is 181 cm³/mol. The molecule has 2 aromatic heterocycles. The van der Waals surface area contributed by atoms with E-state index < -0.39 is 5.41 Å². The minimum Gasteiger partial charge on any atom is -0.338 e. The average Bonchev–Trinajstić information content (AvgIpc) is 3.88. The first-order chi connectivity index (χ1) is 22.8. The highest BCUT2D eigenvalue weighted by Crippen LogP contribution is 2.43. The van der Waals surface area contributed by atoms with Crippen LogP contribution in [0.5, 0.6) is 0 Å². The lowest BCUT2D eigenvalue weighted by molar-refractivity contribution is -0.132. The summed E-state index contributed by atoms with van der Waals surface area (Å²) >= 11 is 0. The molecule has 4 aromatic rings. The van der Waals surface area contributed by atoms with E-state index in [0.717, 1.165) is 59.6 Å². The fraction of sp³-hybridized carbons (Fsp3) is 0.351. The molecule has 0 unspecified atom stereocenters. The second-order valence-electron chi connectivity index (χ2n) is 13.3. The van der Waals surface area contributed by atoms with Gasteiger partial charge < -0.3 is 9.80 Å². The van der Waals surface area contributed by atoms with Gasteiger partial charge in [-0.1, -0.05) is 36.4 Å². The van der Waals surface area contributed by atoms with Gasteiger partial charge in [-0.3, -0.25) is 29.1 Å². The summed E-state index contributed by atoms with van der Waals surface area (Å²) in [6.07, 6.45) is 8.11. The maximum Gasteiger partial charge on any atom is 0.237 e. The molecule has 47 heavy (non-hydrogen) atoms. The van der Waals surface area contributed by atoms with Crippen LogP contribution in [0.15, 0.2) is 78.2 Å². The van der Waals surface area contributed by atoms with Gasteiger partial charge in [0.25, 0.3) is 0 Å². The number of amides is 2. The molecule has 2 fully saturated rings. The molecule has 1 atom stereocenters. The molecule has 0 aliphatic carbocycles. The lowest BCUT2D eigenvalue weighted by Gasteiger charge is -2.29. The zero-order valence-corrected chi connectivity index (χ0v) is 26.9. The molecule has 2 amide bonds. The molecule has 0 N–H and O–H groups in total. The summed E-state index contributed by atoms with van der Waals surface area (Å²) in [4.78, 5) is 46.9. The van der Waals surface area contributed by atoms with E-state index in [0.29, 0.717) is 45.1 Å². The summed E-state index contributed by atoms with van der Waals surface area (Å²) in [5.74, 6) is 1.03. The van der Waals surface area contributed by atoms with Gasteiger partial charge >= 0.3 is 0 Å². The highest BCUT2D eigenvalue weighted by molar-refractivity contribution is 6.16. The first kappa shape index (κ1) is 29.4.